The van der Waals surface area contributed by atoms with Crippen LogP contribution < -0.4 is 20.5 Å². The number of carbonyl (C=O) groups is 2. The van der Waals surface area contributed by atoms with E-state index < -0.39 is 11.8 Å². The zero-order valence-electron chi connectivity index (χ0n) is 17.0. The Hall–Kier alpha value is -3.26. The van der Waals surface area contributed by atoms with Gasteiger partial charge in [0.1, 0.15) is 5.52 Å². The van der Waals surface area contributed by atoms with Crippen molar-refractivity contribution in [2.24, 2.45) is 5.73 Å². The summed E-state index contributed by atoms with van der Waals surface area (Å²) in [6.45, 7) is 5.66. The highest BCUT2D eigenvalue weighted by molar-refractivity contribution is 6.32. The van der Waals surface area contributed by atoms with Crippen LogP contribution in [-0.2, 0) is 10.2 Å². The molecule has 0 saturated carbocycles. The van der Waals surface area contributed by atoms with Gasteiger partial charge in [-0.1, -0.05) is 32.4 Å². The van der Waals surface area contributed by atoms with E-state index in [0.717, 1.165) is 0 Å². The fraction of sp³-hybridized carbons (Fsp3) is 0.286. The predicted molar refractivity (Wildman–Crippen MR) is 113 cm³/mol. The summed E-state index contributed by atoms with van der Waals surface area (Å²) in [6, 6.07) is 8.09. The van der Waals surface area contributed by atoms with E-state index in [4.69, 9.17) is 31.2 Å². The maximum Gasteiger partial charge on any atom is 0.255 e. The number of nitrogens with one attached hydrogen (secondary N) is 1. The number of oxazole rings is 1. The number of nitrogens with two attached hydrogens (primary N) is 1. The highest BCUT2D eigenvalue weighted by Gasteiger charge is 2.21. The normalized spacial score (nSPS) is 11.4. The fourth-order valence-electron chi connectivity index (χ4n) is 2.66. The molecular formula is C21H22ClN3O5. The van der Waals surface area contributed by atoms with Gasteiger partial charge >= 0.3 is 0 Å². The van der Waals surface area contributed by atoms with E-state index >= 15 is 0 Å². The van der Waals surface area contributed by atoms with Crippen molar-refractivity contribution in [2.45, 2.75) is 26.2 Å². The Morgan fingerprint density at radius 3 is 2.60 bits per heavy atom. The van der Waals surface area contributed by atoms with Crippen LogP contribution in [0.1, 0.15) is 37.0 Å². The highest BCUT2D eigenvalue weighted by Crippen LogP contribution is 2.36. The van der Waals surface area contributed by atoms with Crippen LogP contribution in [0.5, 0.6) is 11.5 Å². The van der Waals surface area contributed by atoms with E-state index in [0.29, 0.717) is 22.7 Å². The Bertz CT molecular complexity index is 1120. The molecule has 2 aromatic carbocycles. The molecule has 0 atom stereocenters. The van der Waals surface area contributed by atoms with E-state index in [9.17, 15) is 9.59 Å². The molecule has 1 heterocycles. The van der Waals surface area contributed by atoms with Crippen LogP contribution in [0, 0.1) is 0 Å². The second-order valence-corrected chi connectivity index (χ2v) is 8.06. The van der Waals surface area contributed by atoms with Crippen molar-refractivity contribution >= 4 is 40.2 Å². The van der Waals surface area contributed by atoms with E-state index in [1.807, 2.05) is 20.8 Å². The number of rotatable bonds is 6. The van der Waals surface area contributed by atoms with Crippen molar-refractivity contribution in [1.82, 2.24) is 4.98 Å². The van der Waals surface area contributed by atoms with Gasteiger partial charge in [-0.2, -0.15) is 0 Å². The molecule has 9 heteroatoms. The number of nitrogens with zero attached hydrogens (tertiary/aromatic N) is 1. The lowest BCUT2D eigenvalue weighted by molar-refractivity contribution is -0.119. The standard InChI is InChI=1S/C21H22ClN3O5/c1-21(2,3)20-25-14-9-12(5-6-15(14)30-20)24-19(27)11-7-13(22)18(16(8-11)28-4)29-10-17(23)26/h5-9H,10H2,1-4H3,(H2,23,26)(H,24,27). The number of fused-ring (bicyclic) bond motifs is 1. The summed E-state index contributed by atoms with van der Waals surface area (Å²) in [5.74, 6) is -0.115. The van der Waals surface area contributed by atoms with Gasteiger partial charge in [-0.3, -0.25) is 9.59 Å². The number of ether oxygens (including phenoxy) is 2. The van der Waals surface area contributed by atoms with Crippen molar-refractivity contribution in [1.29, 1.82) is 0 Å². The minimum absolute atomic E-state index is 0.113. The Labute approximate surface area is 178 Å². The highest BCUT2D eigenvalue weighted by atomic mass is 35.5. The number of carbonyl (C=O) groups excluding carboxylic acids is 2. The second-order valence-electron chi connectivity index (χ2n) is 7.65. The van der Waals surface area contributed by atoms with Crippen LogP contribution in [0.2, 0.25) is 5.02 Å². The molecule has 30 heavy (non-hydrogen) atoms. The summed E-state index contributed by atoms with van der Waals surface area (Å²) in [6.07, 6.45) is 0. The van der Waals surface area contributed by atoms with Crippen molar-refractivity contribution < 1.29 is 23.5 Å². The van der Waals surface area contributed by atoms with E-state index in [2.05, 4.69) is 10.3 Å². The first-order valence-corrected chi connectivity index (χ1v) is 9.47. The molecule has 0 saturated heterocycles. The molecule has 0 aliphatic heterocycles. The number of methoxy groups -OCH3 is 1. The molecule has 0 aliphatic carbocycles. The Kier molecular flexibility index (Phi) is 5.89. The molecule has 0 aliphatic rings. The number of amides is 2. The quantitative estimate of drug-likeness (QED) is 0.611. The van der Waals surface area contributed by atoms with Gasteiger partial charge in [-0.25, -0.2) is 4.98 Å². The van der Waals surface area contributed by atoms with Gasteiger partial charge in [0.15, 0.2) is 23.7 Å². The summed E-state index contributed by atoms with van der Waals surface area (Å²) in [7, 11) is 1.40. The number of aromatic nitrogens is 1. The number of benzene rings is 2. The topological polar surface area (TPSA) is 117 Å². The van der Waals surface area contributed by atoms with Gasteiger partial charge in [0.05, 0.1) is 12.1 Å². The molecule has 0 spiro atoms. The third kappa shape index (κ3) is 4.65. The molecule has 3 aromatic rings. The lowest BCUT2D eigenvalue weighted by Crippen LogP contribution is -2.20. The minimum Gasteiger partial charge on any atom is -0.493 e. The Morgan fingerprint density at radius 1 is 1.23 bits per heavy atom. The molecule has 1 aromatic heterocycles. The monoisotopic (exact) mass is 431 g/mol. The molecule has 0 bridgehead atoms. The van der Waals surface area contributed by atoms with Gasteiger partial charge in [-0.15, -0.1) is 0 Å². The maximum absolute atomic E-state index is 12.7. The van der Waals surface area contributed by atoms with Crippen LogP contribution in [0.3, 0.4) is 0 Å². The van der Waals surface area contributed by atoms with Crippen LogP contribution in [0.4, 0.5) is 5.69 Å². The molecule has 3 rings (SSSR count). The number of anilines is 1. The van der Waals surface area contributed by atoms with Crippen LogP contribution in [0.25, 0.3) is 11.1 Å². The Morgan fingerprint density at radius 2 is 1.97 bits per heavy atom. The van der Waals surface area contributed by atoms with Gasteiger partial charge in [-0.05, 0) is 30.3 Å². The van der Waals surface area contributed by atoms with Crippen molar-refractivity contribution in [3.05, 3.63) is 46.8 Å². The third-order valence-corrected chi connectivity index (χ3v) is 4.42. The lowest BCUT2D eigenvalue weighted by Gasteiger charge is -2.13. The largest absolute Gasteiger partial charge is 0.493 e. The molecule has 0 unspecified atom stereocenters. The van der Waals surface area contributed by atoms with Crippen molar-refractivity contribution in [3.63, 3.8) is 0 Å². The van der Waals surface area contributed by atoms with Gasteiger partial charge in [0.2, 0.25) is 5.89 Å². The van der Waals surface area contributed by atoms with Crippen LogP contribution in [-0.4, -0.2) is 30.5 Å². The Balaban J connectivity index is 1.84. The second kappa shape index (κ2) is 8.23. The molecule has 0 radical (unpaired) electrons. The van der Waals surface area contributed by atoms with E-state index in [-0.39, 0.29) is 34.1 Å². The van der Waals surface area contributed by atoms with Crippen molar-refractivity contribution in [2.75, 3.05) is 19.0 Å². The fourth-order valence-corrected chi connectivity index (χ4v) is 2.93. The maximum atomic E-state index is 12.7. The van der Waals surface area contributed by atoms with Crippen molar-refractivity contribution in [3.8, 4) is 11.5 Å². The first-order valence-electron chi connectivity index (χ1n) is 9.09. The molecule has 158 valence electrons. The molecule has 2 amide bonds. The third-order valence-electron chi connectivity index (χ3n) is 4.14. The van der Waals surface area contributed by atoms with Crippen LogP contribution in [0.15, 0.2) is 34.7 Å². The van der Waals surface area contributed by atoms with Gasteiger partial charge in [0.25, 0.3) is 11.8 Å². The zero-order chi connectivity index (χ0) is 22.1. The van der Waals surface area contributed by atoms with Gasteiger partial charge in [0, 0.05) is 16.7 Å². The molecule has 0 fully saturated rings. The number of hydrogen-bond acceptors (Lipinski definition) is 6. The van der Waals surface area contributed by atoms with Gasteiger partial charge < -0.3 is 24.9 Å². The number of hydrogen-bond donors (Lipinski definition) is 2. The van der Waals surface area contributed by atoms with E-state index in [1.54, 1.807) is 18.2 Å². The summed E-state index contributed by atoms with van der Waals surface area (Å²) in [5, 5.41) is 2.91. The summed E-state index contributed by atoms with van der Waals surface area (Å²) in [4.78, 5) is 28.2. The first-order chi connectivity index (χ1) is 14.1. The summed E-state index contributed by atoms with van der Waals surface area (Å²) < 4.78 is 16.3. The molecular weight excluding hydrogens is 410 g/mol. The average Bonchev–Trinajstić information content (AvgIpc) is 3.10. The molecule has 3 N–H and O–H groups in total. The first kappa shape index (κ1) is 21.4. The average molecular weight is 432 g/mol. The smallest absolute Gasteiger partial charge is 0.255 e. The van der Waals surface area contributed by atoms with E-state index in [1.165, 1.54) is 19.2 Å². The summed E-state index contributed by atoms with van der Waals surface area (Å²) >= 11 is 6.21. The number of halogens is 1. The predicted octanol–water partition coefficient (Wildman–Crippen LogP) is 3.90. The number of primary amides is 1. The minimum atomic E-state index is -0.659. The zero-order valence-corrected chi connectivity index (χ0v) is 17.8. The molecule has 8 nitrogen and oxygen atoms in total. The van der Waals surface area contributed by atoms with Crippen LogP contribution >= 0.6 is 11.6 Å². The SMILES string of the molecule is COc1cc(C(=O)Nc2ccc3oc(C(C)(C)C)nc3c2)cc(Cl)c1OCC(N)=O. The summed E-state index contributed by atoms with van der Waals surface area (Å²) in [5.41, 5.74) is 6.93. The lowest BCUT2D eigenvalue weighted by atomic mass is 9.97.